The molecule has 2 amide bonds. The SMILES string of the molecule is CC(C)c1cc(C2CCC(=O)NC2=O)ccn1. The number of imide groups is 1. The van der Waals surface area contributed by atoms with Crippen molar-refractivity contribution < 1.29 is 9.59 Å². The number of hydrogen-bond acceptors (Lipinski definition) is 3. The molecule has 0 saturated carbocycles. The van der Waals surface area contributed by atoms with Crippen LogP contribution in [0.1, 0.15) is 49.8 Å². The fourth-order valence-corrected chi connectivity index (χ4v) is 2.01. The normalized spacial score (nSPS) is 20.5. The summed E-state index contributed by atoms with van der Waals surface area (Å²) in [4.78, 5) is 27.1. The first-order valence-corrected chi connectivity index (χ1v) is 5.87. The summed E-state index contributed by atoms with van der Waals surface area (Å²) in [6, 6.07) is 3.82. The summed E-state index contributed by atoms with van der Waals surface area (Å²) < 4.78 is 0. The van der Waals surface area contributed by atoms with Crippen molar-refractivity contribution in [1.29, 1.82) is 0 Å². The molecule has 1 aliphatic rings. The standard InChI is InChI=1S/C13H16N2O2/c1-8(2)11-7-9(5-6-14-11)10-3-4-12(16)15-13(10)17/h5-8,10H,3-4H2,1-2H3,(H,15,16,17). The molecule has 0 bridgehead atoms. The predicted octanol–water partition coefficient (Wildman–Crippen LogP) is 1.73. The summed E-state index contributed by atoms with van der Waals surface area (Å²) in [7, 11) is 0. The van der Waals surface area contributed by atoms with Crippen molar-refractivity contribution in [2.75, 3.05) is 0 Å². The summed E-state index contributed by atoms with van der Waals surface area (Å²) in [5.41, 5.74) is 1.93. The molecule has 4 nitrogen and oxygen atoms in total. The highest BCUT2D eigenvalue weighted by molar-refractivity contribution is 6.00. The van der Waals surface area contributed by atoms with E-state index < -0.39 is 0 Å². The van der Waals surface area contributed by atoms with Crippen LogP contribution in [0.5, 0.6) is 0 Å². The zero-order chi connectivity index (χ0) is 12.4. The van der Waals surface area contributed by atoms with Crippen LogP contribution in [-0.4, -0.2) is 16.8 Å². The Labute approximate surface area is 100 Å². The van der Waals surface area contributed by atoms with Gasteiger partial charge in [-0.25, -0.2) is 0 Å². The van der Waals surface area contributed by atoms with Gasteiger partial charge in [0.15, 0.2) is 0 Å². The highest BCUT2D eigenvalue weighted by Gasteiger charge is 2.28. The van der Waals surface area contributed by atoms with Gasteiger partial charge in [0.05, 0.1) is 5.92 Å². The first kappa shape index (κ1) is 11.8. The fourth-order valence-electron chi connectivity index (χ4n) is 2.01. The average Bonchev–Trinajstić information content (AvgIpc) is 2.29. The van der Waals surface area contributed by atoms with Crippen LogP contribution in [0.25, 0.3) is 0 Å². The summed E-state index contributed by atoms with van der Waals surface area (Å²) in [6.07, 6.45) is 2.73. The Balaban J connectivity index is 2.25. The second kappa shape index (κ2) is 4.65. The van der Waals surface area contributed by atoms with Crippen LogP contribution in [0.15, 0.2) is 18.3 Å². The lowest BCUT2D eigenvalue weighted by Crippen LogP contribution is -2.39. The van der Waals surface area contributed by atoms with Crippen LogP contribution >= 0.6 is 0 Å². The third kappa shape index (κ3) is 2.52. The molecule has 1 aromatic heterocycles. The van der Waals surface area contributed by atoms with Gasteiger partial charge in [0.1, 0.15) is 0 Å². The van der Waals surface area contributed by atoms with Crippen molar-refractivity contribution in [3.63, 3.8) is 0 Å². The van der Waals surface area contributed by atoms with Gasteiger partial charge in [-0.05, 0) is 30.0 Å². The van der Waals surface area contributed by atoms with E-state index in [0.29, 0.717) is 18.8 Å². The van der Waals surface area contributed by atoms with Gasteiger partial charge in [-0.3, -0.25) is 19.9 Å². The van der Waals surface area contributed by atoms with E-state index in [1.807, 2.05) is 12.1 Å². The number of carbonyl (C=O) groups excluding carboxylic acids is 2. The second-order valence-corrected chi connectivity index (χ2v) is 4.67. The lowest BCUT2D eigenvalue weighted by atomic mass is 9.90. The van der Waals surface area contributed by atoms with E-state index >= 15 is 0 Å². The first-order chi connectivity index (χ1) is 8.08. The molecule has 17 heavy (non-hydrogen) atoms. The van der Waals surface area contributed by atoms with Crippen molar-refractivity contribution >= 4 is 11.8 Å². The van der Waals surface area contributed by atoms with E-state index in [4.69, 9.17) is 0 Å². The van der Waals surface area contributed by atoms with Crippen LogP contribution in [0.2, 0.25) is 0 Å². The number of carbonyl (C=O) groups is 2. The van der Waals surface area contributed by atoms with E-state index in [-0.39, 0.29) is 17.7 Å². The maximum atomic E-state index is 11.7. The zero-order valence-corrected chi connectivity index (χ0v) is 10.1. The number of rotatable bonds is 2. The number of nitrogens with zero attached hydrogens (tertiary/aromatic N) is 1. The van der Waals surface area contributed by atoms with Crippen LogP contribution in [0, 0.1) is 0 Å². The number of amides is 2. The van der Waals surface area contributed by atoms with Crippen molar-refractivity contribution in [1.82, 2.24) is 10.3 Å². The quantitative estimate of drug-likeness (QED) is 0.790. The number of hydrogen-bond donors (Lipinski definition) is 1. The Hall–Kier alpha value is -1.71. The molecule has 1 unspecified atom stereocenters. The molecule has 1 fully saturated rings. The van der Waals surface area contributed by atoms with E-state index in [1.165, 1.54) is 0 Å². The minimum Gasteiger partial charge on any atom is -0.296 e. The molecular weight excluding hydrogens is 216 g/mol. The van der Waals surface area contributed by atoms with Gasteiger partial charge < -0.3 is 0 Å². The van der Waals surface area contributed by atoms with Gasteiger partial charge in [0.25, 0.3) is 0 Å². The van der Waals surface area contributed by atoms with E-state index in [1.54, 1.807) is 6.20 Å². The van der Waals surface area contributed by atoms with Gasteiger partial charge in [-0.15, -0.1) is 0 Å². The van der Waals surface area contributed by atoms with Crippen molar-refractivity contribution in [2.24, 2.45) is 0 Å². The van der Waals surface area contributed by atoms with Crippen molar-refractivity contribution in [2.45, 2.75) is 38.5 Å². The second-order valence-electron chi connectivity index (χ2n) is 4.67. The monoisotopic (exact) mass is 232 g/mol. The molecule has 1 atom stereocenters. The summed E-state index contributed by atoms with van der Waals surface area (Å²) >= 11 is 0. The molecule has 4 heteroatoms. The molecule has 1 N–H and O–H groups in total. The Bertz CT molecular complexity index is 454. The Morgan fingerprint density at radius 3 is 2.82 bits per heavy atom. The molecule has 90 valence electrons. The molecule has 1 saturated heterocycles. The number of piperidine rings is 1. The minimum atomic E-state index is -0.215. The van der Waals surface area contributed by atoms with E-state index in [2.05, 4.69) is 24.1 Å². The van der Waals surface area contributed by atoms with Gasteiger partial charge in [0, 0.05) is 18.3 Å². The molecule has 0 aromatic carbocycles. The third-order valence-corrected chi connectivity index (χ3v) is 3.04. The molecule has 0 radical (unpaired) electrons. The lowest BCUT2D eigenvalue weighted by molar-refractivity contribution is -0.134. The maximum Gasteiger partial charge on any atom is 0.234 e. The molecule has 0 aliphatic carbocycles. The number of aromatic nitrogens is 1. The Morgan fingerprint density at radius 2 is 2.18 bits per heavy atom. The summed E-state index contributed by atoms with van der Waals surface area (Å²) in [5, 5.41) is 2.38. The van der Waals surface area contributed by atoms with Gasteiger partial charge in [-0.2, -0.15) is 0 Å². The summed E-state index contributed by atoms with van der Waals surface area (Å²) in [6.45, 7) is 4.13. The highest BCUT2D eigenvalue weighted by Crippen LogP contribution is 2.26. The molecule has 2 rings (SSSR count). The molecule has 1 aromatic rings. The van der Waals surface area contributed by atoms with Crippen molar-refractivity contribution in [3.8, 4) is 0 Å². The minimum absolute atomic E-state index is 0.176. The van der Waals surface area contributed by atoms with Gasteiger partial charge in [-0.1, -0.05) is 13.8 Å². The van der Waals surface area contributed by atoms with Gasteiger partial charge >= 0.3 is 0 Å². The predicted molar refractivity (Wildman–Crippen MR) is 63.5 cm³/mol. The van der Waals surface area contributed by atoms with Crippen LogP contribution in [0.4, 0.5) is 0 Å². The average molecular weight is 232 g/mol. The van der Waals surface area contributed by atoms with Crippen LogP contribution < -0.4 is 5.32 Å². The zero-order valence-electron chi connectivity index (χ0n) is 10.1. The highest BCUT2D eigenvalue weighted by atomic mass is 16.2. The van der Waals surface area contributed by atoms with Gasteiger partial charge in [0.2, 0.25) is 11.8 Å². The third-order valence-electron chi connectivity index (χ3n) is 3.04. The van der Waals surface area contributed by atoms with Crippen LogP contribution in [-0.2, 0) is 9.59 Å². The van der Waals surface area contributed by atoms with Crippen molar-refractivity contribution in [3.05, 3.63) is 29.6 Å². The first-order valence-electron chi connectivity index (χ1n) is 5.87. The number of nitrogens with one attached hydrogen (secondary N) is 1. The lowest BCUT2D eigenvalue weighted by Gasteiger charge is -2.21. The molecular formula is C13H16N2O2. The molecule has 1 aliphatic heterocycles. The van der Waals surface area contributed by atoms with Crippen LogP contribution in [0.3, 0.4) is 0 Å². The topological polar surface area (TPSA) is 59.1 Å². The Morgan fingerprint density at radius 1 is 1.41 bits per heavy atom. The maximum absolute atomic E-state index is 11.7. The van der Waals surface area contributed by atoms with E-state index in [0.717, 1.165) is 11.3 Å². The largest absolute Gasteiger partial charge is 0.296 e. The smallest absolute Gasteiger partial charge is 0.234 e. The molecule has 0 spiro atoms. The van der Waals surface area contributed by atoms with E-state index in [9.17, 15) is 9.59 Å². The summed E-state index contributed by atoms with van der Waals surface area (Å²) in [5.74, 6) is -0.247. The fraction of sp³-hybridized carbons (Fsp3) is 0.462. The Kier molecular flexibility index (Phi) is 3.22. The number of pyridine rings is 1. The molecule has 2 heterocycles.